The van der Waals surface area contributed by atoms with Gasteiger partial charge in [-0.1, -0.05) is 0 Å². The molecule has 11 heteroatoms. The van der Waals surface area contributed by atoms with Gasteiger partial charge in [0.05, 0.1) is 48.6 Å². The zero-order valence-electron chi connectivity index (χ0n) is 17.6. The van der Waals surface area contributed by atoms with Crippen LogP contribution < -0.4 is 10.6 Å². The van der Waals surface area contributed by atoms with E-state index in [1.165, 1.54) is 17.0 Å². The Morgan fingerprint density at radius 3 is 2.64 bits per heavy atom. The van der Waals surface area contributed by atoms with Gasteiger partial charge in [0.25, 0.3) is 5.91 Å². The number of nitrogens with zero attached hydrogens (tertiary/aromatic N) is 3. The first-order valence-corrected chi connectivity index (χ1v) is 11.1. The molecule has 4 rings (SSSR count). The minimum absolute atomic E-state index is 0.0777. The molecule has 1 fully saturated rings. The fraction of sp³-hybridized carbons (Fsp3) is 0.273. The average Bonchev–Trinajstić information content (AvgIpc) is 3.16. The standard InChI is InChI=1S/C22H21F3IN5O2/c1-30-8-14(28-12-30)7-27-9-22(33)10-31(11-22)21(32)15-3-4-16(23)19(25)20(15)29-18-5-2-13(26)6-17(18)24/h2-6,8,12,27,29,33H,7,9-11H2,1H3/p+1. The summed E-state index contributed by atoms with van der Waals surface area (Å²) in [5, 5.41) is 14.2. The van der Waals surface area contributed by atoms with Crippen molar-refractivity contribution in [3.63, 3.8) is 0 Å². The molecule has 4 N–H and O–H groups in total. The molecule has 0 atom stereocenters. The molecule has 1 aromatic heterocycles. The third kappa shape index (κ3) is 5.14. The summed E-state index contributed by atoms with van der Waals surface area (Å²) in [5.41, 5.74) is -0.704. The minimum Gasteiger partial charge on any atom is -0.437 e. The highest BCUT2D eigenvalue weighted by atomic mass is 127. The first-order chi connectivity index (χ1) is 15.6. The molecule has 0 bridgehead atoms. The lowest BCUT2D eigenvalue weighted by Gasteiger charge is -2.42. The largest absolute Gasteiger partial charge is 0.437 e. The summed E-state index contributed by atoms with van der Waals surface area (Å²) in [6, 6.07) is 6.26. The van der Waals surface area contributed by atoms with Crippen LogP contribution >= 0.6 is 22.6 Å². The van der Waals surface area contributed by atoms with Gasteiger partial charge in [-0.3, -0.25) is 4.79 Å². The molecule has 0 spiro atoms. The quantitative estimate of drug-likeness (QED) is 0.337. The van der Waals surface area contributed by atoms with E-state index in [4.69, 9.17) is 5.11 Å². The predicted molar refractivity (Wildman–Crippen MR) is 126 cm³/mol. The number of hydrogen-bond donors (Lipinski definition) is 2. The molecule has 7 nitrogen and oxygen atoms in total. The second kappa shape index (κ2) is 9.31. The van der Waals surface area contributed by atoms with Gasteiger partial charge in [0.1, 0.15) is 5.82 Å². The molecule has 174 valence electrons. The van der Waals surface area contributed by atoms with E-state index in [-0.39, 0.29) is 24.3 Å². The number of halogens is 4. The van der Waals surface area contributed by atoms with Gasteiger partial charge < -0.3 is 25.2 Å². The van der Waals surface area contributed by atoms with Crippen molar-refractivity contribution in [3.05, 3.63) is 75.1 Å². The van der Waals surface area contributed by atoms with Crippen molar-refractivity contribution >= 4 is 39.9 Å². The smallest absolute Gasteiger partial charge is 0.256 e. The fourth-order valence-electron chi connectivity index (χ4n) is 3.67. The van der Waals surface area contributed by atoms with Crippen molar-refractivity contribution in [2.45, 2.75) is 12.1 Å². The topological polar surface area (TPSA) is 85.1 Å². The Morgan fingerprint density at radius 1 is 1.21 bits per heavy atom. The van der Waals surface area contributed by atoms with Crippen LogP contribution in [0.1, 0.15) is 16.1 Å². The Morgan fingerprint density at radius 2 is 1.97 bits per heavy atom. The third-order valence-corrected chi connectivity index (χ3v) is 5.99. The number of amides is 1. The van der Waals surface area contributed by atoms with Crippen LogP contribution in [0.3, 0.4) is 0 Å². The Labute approximate surface area is 201 Å². The van der Waals surface area contributed by atoms with Gasteiger partial charge in [-0.25, -0.2) is 18.2 Å². The Bertz CT molecular complexity index is 1200. The molecule has 0 aliphatic carbocycles. The van der Waals surface area contributed by atoms with E-state index < -0.39 is 34.6 Å². The summed E-state index contributed by atoms with van der Waals surface area (Å²) < 4.78 is 45.2. The Kier molecular flexibility index (Phi) is 6.64. The summed E-state index contributed by atoms with van der Waals surface area (Å²) in [6.07, 6.45) is 3.56. The van der Waals surface area contributed by atoms with Crippen molar-refractivity contribution in [1.82, 2.24) is 19.8 Å². The average molecular weight is 572 g/mol. The van der Waals surface area contributed by atoms with Gasteiger partial charge in [0, 0.05) is 23.4 Å². The summed E-state index contributed by atoms with van der Waals surface area (Å²) in [6.45, 7) is 1.08. The van der Waals surface area contributed by atoms with E-state index in [0.717, 1.165) is 17.8 Å². The lowest BCUT2D eigenvalue weighted by Crippen LogP contribution is -2.67. The molecular formula is C22H22F3IN5O2+. The van der Waals surface area contributed by atoms with Crippen LogP contribution in [-0.4, -0.2) is 50.7 Å². The predicted octanol–water partition coefficient (Wildman–Crippen LogP) is 2.89. The molecule has 0 saturated carbocycles. The zero-order valence-corrected chi connectivity index (χ0v) is 19.8. The molecule has 3 aromatic rings. The first kappa shape index (κ1) is 23.5. The number of rotatable bonds is 7. The second-order valence-corrected chi connectivity index (χ2v) is 9.35. The van der Waals surface area contributed by atoms with Gasteiger partial charge in [-0.2, -0.15) is 0 Å². The van der Waals surface area contributed by atoms with Crippen LogP contribution in [0.5, 0.6) is 0 Å². The molecule has 2 heterocycles. The molecule has 1 aliphatic heterocycles. The maximum absolute atomic E-state index is 14.6. The second-order valence-electron chi connectivity index (χ2n) is 8.11. The Hall–Kier alpha value is -2.64. The highest BCUT2D eigenvalue weighted by molar-refractivity contribution is 14.1. The van der Waals surface area contributed by atoms with Crippen LogP contribution in [0.2, 0.25) is 0 Å². The van der Waals surface area contributed by atoms with Gasteiger partial charge in [-0.05, 0) is 52.9 Å². The van der Waals surface area contributed by atoms with Gasteiger partial charge in [-0.15, -0.1) is 0 Å². The zero-order chi connectivity index (χ0) is 23.8. The van der Waals surface area contributed by atoms with Crippen molar-refractivity contribution in [2.75, 3.05) is 25.0 Å². The minimum atomic E-state index is -1.27. The number of aryl methyl sites for hydroxylation is 1. The number of aromatic nitrogens is 2. The maximum Gasteiger partial charge on any atom is 0.256 e. The number of nitrogens with one attached hydrogen (secondary N) is 2. The van der Waals surface area contributed by atoms with Crippen LogP contribution in [0, 0.1) is 21.0 Å². The SMILES string of the molecule is Cn1cnc(CNCC2([OH2+])CN(C(=O)c3ccc(F)c(F)c3Nc3ccc(I)cc3F)C2)c1. The number of carbonyl (C=O) groups is 1. The highest BCUT2D eigenvalue weighted by Crippen LogP contribution is 2.31. The Balaban J connectivity index is 1.44. The van der Waals surface area contributed by atoms with Crippen LogP contribution in [0.4, 0.5) is 24.5 Å². The van der Waals surface area contributed by atoms with E-state index in [1.807, 2.05) is 40.4 Å². The number of likely N-dealkylation sites (tertiary alicyclic amines) is 1. The van der Waals surface area contributed by atoms with Crippen molar-refractivity contribution in [2.24, 2.45) is 7.05 Å². The van der Waals surface area contributed by atoms with Gasteiger partial charge in [0.15, 0.2) is 11.6 Å². The fourth-order valence-corrected chi connectivity index (χ4v) is 4.13. The number of imidazole rings is 1. The van der Waals surface area contributed by atoms with E-state index in [9.17, 15) is 18.0 Å². The highest BCUT2D eigenvalue weighted by Gasteiger charge is 2.48. The van der Waals surface area contributed by atoms with Gasteiger partial charge >= 0.3 is 0 Å². The number of benzene rings is 2. The summed E-state index contributed by atoms with van der Waals surface area (Å²) >= 11 is 1.93. The number of hydrogen-bond acceptors (Lipinski definition) is 4. The molecule has 0 radical (unpaired) electrons. The molecule has 1 amide bonds. The molecular weight excluding hydrogens is 550 g/mol. The number of anilines is 2. The normalized spacial score (nSPS) is 14.8. The summed E-state index contributed by atoms with van der Waals surface area (Å²) in [7, 11) is 1.87. The van der Waals surface area contributed by atoms with E-state index >= 15 is 0 Å². The molecule has 1 saturated heterocycles. The monoisotopic (exact) mass is 572 g/mol. The van der Waals surface area contributed by atoms with Crippen molar-refractivity contribution in [3.8, 4) is 0 Å². The lowest BCUT2D eigenvalue weighted by atomic mass is 9.92. The molecule has 1 aliphatic rings. The van der Waals surface area contributed by atoms with Crippen molar-refractivity contribution in [1.29, 1.82) is 0 Å². The van der Waals surface area contributed by atoms with Crippen LogP contribution in [-0.2, 0) is 13.6 Å². The summed E-state index contributed by atoms with van der Waals surface area (Å²) in [4.78, 5) is 18.6. The van der Waals surface area contributed by atoms with Crippen LogP contribution in [0.25, 0.3) is 0 Å². The molecule has 2 aromatic carbocycles. The van der Waals surface area contributed by atoms with Crippen molar-refractivity contribution < 1.29 is 23.1 Å². The summed E-state index contributed by atoms with van der Waals surface area (Å²) in [5.74, 6) is -3.64. The number of carbonyl (C=O) groups excluding carboxylic acids is 1. The molecule has 33 heavy (non-hydrogen) atoms. The van der Waals surface area contributed by atoms with Crippen LogP contribution in [0.15, 0.2) is 42.9 Å². The lowest BCUT2D eigenvalue weighted by molar-refractivity contribution is -0.0787. The third-order valence-electron chi connectivity index (χ3n) is 5.32. The molecule has 0 unspecified atom stereocenters. The first-order valence-electron chi connectivity index (χ1n) is 10.1. The van der Waals surface area contributed by atoms with E-state index in [0.29, 0.717) is 16.7 Å². The maximum atomic E-state index is 14.6. The van der Waals surface area contributed by atoms with E-state index in [2.05, 4.69) is 15.6 Å². The van der Waals surface area contributed by atoms with E-state index in [1.54, 1.807) is 12.4 Å². The van der Waals surface area contributed by atoms with Gasteiger partial charge in [0.2, 0.25) is 5.60 Å².